The van der Waals surface area contributed by atoms with E-state index in [-0.39, 0.29) is 6.61 Å². The van der Waals surface area contributed by atoms with Crippen molar-refractivity contribution in [2.45, 2.75) is 6.61 Å². The quantitative estimate of drug-likeness (QED) is 0.719. The van der Waals surface area contributed by atoms with Gasteiger partial charge in [0.2, 0.25) is 5.91 Å². The van der Waals surface area contributed by atoms with Gasteiger partial charge < -0.3 is 15.3 Å². The van der Waals surface area contributed by atoms with Crippen molar-refractivity contribution in [3.63, 3.8) is 0 Å². The van der Waals surface area contributed by atoms with Crippen molar-refractivity contribution < 1.29 is 14.3 Å². The lowest BCUT2D eigenvalue weighted by atomic mass is 10.1. The Hall–Kier alpha value is -3.73. The van der Waals surface area contributed by atoms with Crippen LogP contribution in [0.1, 0.15) is 27.4 Å². The van der Waals surface area contributed by atoms with Gasteiger partial charge in [0, 0.05) is 16.7 Å². The van der Waals surface area contributed by atoms with Crippen molar-refractivity contribution in [2.75, 3.05) is 0 Å². The first kappa shape index (κ1) is 17.1. The number of primary amides is 1. The molecule has 1 heterocycles. The summed E-state index contributed by atoms with van der Waals surface area (Å²) in [5, 5.41) is 9.30. The molecule has 0 aliphatic heterocycles. The van der Waals surface area contributed by atoms with Gasteiger partial charge >= 0.3 is 0 Å². The Labute approximate surface area is 151 Å². The maximum atomic E-state index is 11.0. The van der Waals surface area contributed by atoms with Gasteiger partial charge in [0.25, 0.3) is 0 Å². The second-order valence-electron chi connectivity index (χ2n) is 5.42. The van der Waals surface area contributed by atoms with Gasteiger partial charge in [0.1, 0.15) is 12.4 Å². The summed E-state index contributed by atoms with van der Waals surface area (Å²) in [5.74, 6) is 11.7. The molecule has 0 atom stereocenters. The molecular weight excluding hydrogens is 326 g/mol. The van der Waals surface area contributed by atoms with Gasteiger partial charge in [-0.2, -0.15) is 0 Å². The van der Waals surface area contributed by atoms with Crippen molar-refractivity contribution in [3.8, 4) is 34.8 Å². The summed E-state index contributed by atoms with van der Waals surface area (Å²) in [5.41, 5.74) is 8.13. The van der Waals surface area contributed by atoms with E-state index in [1.54, 1.807) is 30.3 Å². The van der Waals surface area contributed by atoms with Crippen LogP contribution in [-0.4, -0.2) is 11.0 Å². The number of rotatable bonds is 3. The second-order valence-corrected chi connectivity index (χ2v) is 5.42. The molecule has 2 aromatic carbocycles. The topological polar surface area (TPSA) is 76.5 Å². The van der Waals surface area contributed by atoms with Crippen molar-refractivity contribution in [1.29, 1.82) is 0 Å². The molecule has 0 saturated heterocycles. The van der Waals surface area contributed by atoms with Gasteiger partial charge in [0.15, 0.2) is 5.76 Å². The molecule has 3 rings (SSSR count). The molecule has 0 fully saturated rings. The van der Waals surface area contributed by atoms with E-state index in [0.717, 1.165) is 16.7 Å². The minimum absolute atomic E-state index is 0.195. The molecule has 1 amide bonds. The molecule has 4 nitrogen and oxygen atoms in total. The van der Waals surface area contributed by atoms with E-state index in [4.69, 9.17) is 10.2 Å². The number of aliphatic hydroxyl groups excluding tert-OH is 1. The normalized spacial score (nSPS) is 9.58. The third kappa shape index (κ3) is 4.02. The van der Waals surface area contributed by atoms with Crippen LogP contribution in [0.25, 0.3) is 11.1 Å². The van der Waals surface area contributed by atoms with Crippen LogP contribution >= 0.6 is 0 Å². The molecule has 1 aromatic heterocycles. The lowest BCUT2D eigenvalue weighted by Crippen LogP contribution is -2.10. The van der Waals surface area contributed by atoms with Crippen LogP contribution in [-0.2, 0) is 6.61 Å². The minimum Gasteiger partial charge on any atom is -0.450 e. The largest absolute Gasteiger partial charge is 0.450 e. The monoisotopic (exact) mass is 341 g/mol. The molecular formula is C22H15NO3. The molecule has 0 saturated carbocycles. The fourth-order valence-electron chi connectivity index (χ4n) is 2.35. The molecule has 26 heavy (non-hydrogen) atoms. The third-order valence-corrected chi connectivity index (χ3v) is 3.64. The van der Waals surface area contributed by atoms with Crippen molar-refractivity contribution in [3.05, 3.63) is 83.3 Å². The highest BCUT2D eigenvalue weighted by Gasteiger charge is 2.10. The van der Waals surface area contributed by atoms with E-state index in [1.165, 1.54) is 0 Å². The molecule has 0 spiro atoms. The minimum atomic E-state index is -0.477. The Morgan fingerprint density at radius 2 is 1.69 bits per heavy atom. The molecule has 126 valence electrons. The number of hydrogen-bond donors (Lipinski definition) is 2. The van der Waals surface area contributed by atoms with Gasteiger partial charge in [-0.15, -0.1) is 0 Å². The predicted molar refractivity (Wildman–Crippen MR) is 98.8 cm³/mol. The number of carbonyl (C=O) groups excluding carboxylic acids is 1. The summed E-state index contributed by atoms with van der Waals surface area (Å²) in [6.45, 7) is -0.195. The van der Waals surface area contributed by atoms with Gasteiger partial charge in [-0.3, -0.25) is 4.79 Å². The Kier molecular flexibility index (Phi) is 5.19. The molecule has 0 aliphatic rings. The Balaban J connectivity index is 1.85. The van der Waals surface area contributed by atoms with Crippen molar-refractivity contribution in [2.24, 2.45) is 5.73 Å². The highest BCUT2D eigenvalue weighted by Crippen LogP contribution is 2.26. The number of aliphatic hydroxyl groups is 1. The number of amides is 1. The standard InChI is InChI=1S/C22H15NO3/c23-22(25)18-12-10-16(11-13-18)6-4-5-9-21-20(14-19(15-24)26-21)17-7-2-1-3-8-17/h1-3,7-8,10-14,24H,15H2,(H2,23,25). The van der Waals surface area contributed by atoms with E-state index in [2.05, 4.69) is 23.7 Å². The third-order valence-electron chi connectivity index (χ3n) is 3.64. The molecule has 4 heteroatoms. The molecule has 3 aromatic rings. The van der Waals surface area contributed by atoms with Crippen molar-refractivity contribution >= 4 is 5.91 Å². The zero-order chi connectivity index (χ0) is 18.4. The van der Waals surface area contributed by atoms with Crippen LogP contribution in [0.15, 0.2) is 65.1 Å². The molecule has 0 radical (unpaired) electrons. The maximum absolute atomic E-state index is 11.0. The molecule has 0 unspecified atom stereocenters. The van der Waals surface area contributed by atoms with E-state index < -0.39 is 5.91 Å². The molecule has 3 N–H and O–H groups in total. The van der Waals surface area contributed by atoms with Crippen LogP contribution in [0.2, 0.25) is 0 Å². The highest BCUT2D eigenvalue weighted by atomic mass is 16.4. The average molecular weight is 341 g/mol. The number of nitrogens with two attached hydrogens (primary N) is 1. The maximum Gasteiger partial charge on any atom is 0.248 e. The zero-order valence-corrected chi connectivity index (χ0v) is 13.8. The summed E-state index contributed by atoms with van der Waals surface area (Å²) in [7, 11) is 0. The fraction of sp³-hybridized carbons (Fsp3) is 0.0455. The first-order valence-electron chi connectivity index (χ1n) is 7.88. The number of furan rings is 1. The van der Waals surface area contributed by atoms with E-state index >= 15 is 0 Å². The Bertz CT molecular complexity index is 1040. The van der Waals surface area contributed by atoms with Crippen LogP contribution in [0.4, 0.5) is 0 Å². The lowest BCUT2D eigenvalue weighted by molar-refractivity contribution is 0.100. The summed E-state index contributed by atoms with van der Waals surface area (Å²) in [6, 6.07) is 18.1. The summed E-state index contributed by atoms with van der Waals surface area (Å²) in [6.07, 6.45) is 0. The lowest BCUT2D eigenvalue weighted by Gasteiger charge is -1.96. The van der Waals surface area contributed by atoms with Crippen LogP contribution in [0.5, 0.6) is 0 Å². The predicted octanol–water partition coefficient (Wildman–Crippen LogP) is 2.94. The Morgan fingerprint density at radius 3 is 2.35 bits per heavy atom. The fourth-order valence-corrected chi connectivity index (χ4v) is 2.35. The van der Waals surface area contributed by atoms with Gasteiger partial charge in [-0.1, -0.05) is 36.3 Å². The van der Waals surface area contributed by atoms with Crippen LogP contribution in [0.3, 0.4) is 0 Å². The SMILES string of the molecule is NC(=O)c1ccc(C#CC#Cc2oc(CO)cc2-c2ccccc2)cc1. The first-order chi connectivity index (χ1) is 12.7. The van der Waals surface area contributed by atoms with Gasteiger partial charge in [-0.05, 0) is 53.7 Å². The van der Waals surface area contributed by atoms with Gasteiger partial charge in [0.05, 0.1) is 0 Å². The van der Waals surface area contributed by atoms with Crippen LogP contribution < -0.4 is 5.73 Å². The van der Waals surface area contributed by atoms with E-state index in [9.17, 15) is 9.90 Å². The highest BCUT2D eigenvalue weighted by molar-refractivity contribution is 5.92. The summed E-state index contributed by atoms with van der Waals surface area (Å²) in [4.78, 5) is 11.0. The zero-order valence-electron chi connectivity index (χ0n) is 13.8. The van der Waals surface area contributed by atoms with E-state index in [0.29, 0.717) is 17.1 Å². The second kappa shape index (κ2) is 7.90. The van der Waals surface area contributed by atoms with Crippen molar-refractivity contribution in [1.82, 2.24) is 0 Å². The Morgan fingerprint density at radius 1 is 1.00 bits per heavy atom. The first-order valence-corrected chi connectivity index (χ1v) is 7.88. The average Bonchev–Trinajstić information content (AvgIpc) is 3.09. The van der Waals surface area contributed by atoms with E-state index in [1.807, 2.05) is 30.3 Å². The smallest absolute Gasteiger partial charge is 0.248 e. The number of carbonyl (C=O) groups is 1. The number of hydrogen-bond acceptors (Lipinski definition) is 3. The number of benzene rings is 2. The van der Waals surface area contributed by atoms with Crippen LogP contribution in [0, 0.1) is 23.7 Å². The summed E-state index contributed by atoms with van der Waals surface area (Å²) >= 11 is 0. The van der Waals surface area contributed by atoms with Gasteiger partial charge in [-0.25, -0.2) is 0 Å². The summed E-state index contributed by atoms with van der Waals surface area (Å²) < 4.78 is 5.57. The molecule has 0 aliphatic carbocycles. The molecule has 0 bridgehead atoms.